The van der Waals surface area contributed by atoms with Gasteiger partial charge in [0.15, 0.2) is 0 Å². The Morgan fingerprint density at radius 3 is 2.29 bits per heavy atom. The summed E-state index contributed by atoms with van der Waals surface area (Å²) in [5.74, 6) is -0.367. The van der Waals surface area contributed by atoms with Crippen molar-refractivity contribution in [2.45, 2.75) is 30.0 Å². The van der Waals surface area contributed by atoms with Crippen LogP contribution in [0.5, 0.6) is 0 Å². The number of rotatable bonds is 6. The van der Waals surface area contributed by atoms with Gasteiger partial charge in [0.1, 0.15) is 4.21 Å². The van der Waals surface area contributed by atoms with Crippen LogP contribution in [0.4, 0.5) is 0 Å². The molecule has 0 spiro atoms. The first-order valence-electron chi connectivity index (χ1n) is 10.7. The van der Waals surface area contributed by atoms with E-state index in [2.05, 4.69) is 21.2 Å². The maximum Gasteiger partial charge on any atom is 0.252 e. The van der Waals surface area contributed by atoms with Crippen LogP contribution in [0.15, 0.2) is 62.6 Å². The summed E-state index contributed by atoms with van der Waals surface area (Å²) in [5, 5.41) is 4.44. The number of amides is 1. The van der Waals surface area contributed by atoms with Crippen LogP contribution in [0.1, 0.15) is 35.6 Å². The van der Waals surface area contributed by atoms with Gasteiger partial charge in [-0.25, -0.2) is 8.42 Å². The average molecular weight is 602 g/mol. The van der Waals surface area contributed by atoms with Crippen LogP contribution in [0.2, 0.25) is 10.0 Å². The smallest absolute Gasteiger partial charge is 0.252 e. The quantitative estimate of drug-likeness (QED) is 0.354. The van der Waals surface area contributed by atoms with Gasteiger partial charge in [-0.1, -0.05) is 41.4 Å². The molecule has 3 aromatic rings. The summed E-state index contributed by atoms with van der Waals surface area (Å²) in [6.07, 6.45) is 0.926. The first kappa shape index (κ1) is 25.7. The Balaban J connectivity index is 1.49. The largest absolute Gasteiger partial charge is 0.345 e. The van der Waals surface area contributed by atoms with E-state index in [0.717, 1.165) is 20.5 Å². The molecule has 1 aliphatic rings. The fourth-order valence-corrected chi connectivity index (χ4v) is 8.13. The number of carbonyl (C=O) groups excluding carboxylic acids is 1. The highest BCUT2D eigenvalue weighted by Crippen LogP contribution is 2.32. The summed E-state index contributed by atoms with van der Waals surface area (Å²) in [6.45, 7) is 2.58. The van der Waals surface area contributed by atoms with E-state index in [9.17, 15) is 13.2 Å². The third-order valence-electron chi connectivity index (χ3n) is 6.00. The number of hydrogen-bond acceptors (Lipinski definition) is 4. The van der Waals surface area contributed by atoms with Gasteiger partial charge in [-0.3, -0.25) is 4.79 Å². The predicted octanol–water partition coefficient (Wildman–Crippen LogP) is 6.43. The average Bonchev–Trinajstić information content (AvgIpc) is 3.26. The van der Waals surface area contributed by atoms with Crippen molar-refractivity contribution in [3.8, 4) is 0 Å². The minimum atomic E-state index is -3.55. The van der Waals surface area contributed by atoms with Crippen molar-refractivity contribution in [3.05, 3.63) is 85.1 Å². The van der Waals surface area contributed by atoms with Crippen LogP contribution in [0.25, 0.3) is 0 Å². The third-order valence-corrected chi connectivity index (χ3v) is 10.5. The zero-order valence-electron chi connectivity index (χ0n) is 18.3. The maximum atomic E-state index is 13.3. The monoisotopic (exact) mass is 600 g/mol. The number of benzene rings is 2. The Morgan fingerprint density at radius 2 is 1.71 bits per heavy atom. The number of hydrogen-bond donors (Lipinski definition) is 1. The number of nitrogens with zero attached hydrogens (tertiary/aromatic N) is 1. The van der Waals surface area contributed by atoms with Gasteiger partial charge in [0.25, 0.3) is 10.0 Å². The van der Waals surface area contributed by atoms with Gasteiger partial charge < -0.3 is 5.32 Å². The summed E-state index contributed by atoms with van der Waals surface area (Å²) >= 11 is 16.7. The number of piperidine rings is 1. The molecule has 1 unspecified atom stereocenters. The molecule has 2 aromatic carbocycles. The predicted molar refractivity (Wildman–Crippen MR) is 141 cm³/mol. The lowest BCUT2D eigenvalue weighted by molar-refractivity contribution is -0.126. The van der Waals surface area contributed by atoms with Crippen LogP contribution >= 0.6 is 50.5 Å². The molecule has 1 amide bonds. The Kier molecular flexibility index (Phi) is 8.06. The summed E-state index contributed by atoms with van der Waals surface area (Å²) in [6, 6.07) is 16.0. The molecule has 0 bridgehead atoms. The third kappa shape index (κ3) is 5.69. The zero-order valence-corrected chi connectivity index (χ0v) is 23.0. The van der Waals surface area contributed by atoms with Gasteiger partial charge in [-0.15, -0.1) is 11.3 Å². The highest BCUT2D eigenvalue weighted by Gasteiger charge is 2.34. The molecule has 34 heavy (non-hydrogen) atoms. The van der Waals surface area contributed by atoms with Crippen molar-refractivity contribution >= 4 is 66.4 Å². The molecule has 1 N–H and O–H groups in total. The van der Waals surface area contributed by atoms with Gasteiger partial charge in [0.05, 0.1) is 9.83 Å². The number of halogens is 3. The molecule has 0 aliphatic carbocycles. The summed E-state index contributed by atoms with van der Waals surface area (Å²) in [7, 11) is -3.55. The molecular formula is C24H23BrCl2N2O3S2. The molecule has 180 valence electrons. The Labute approximate surface area is 222 Å². The SMILES string of the molecule is Cc1cc(Cl)ccc1C(NC(=O)C1CCN(S(=O)(=O)c2ccc(Br)s2)CC1)c1ccc(Cl)cc1. The highest BCUT2D eigenvalue weighted by molar-refractivity contribution is 9.11. The molecule has 10 heteroatoms. The van der Waals surface area contributed by atoms with E-state index >= 15 is 0 Å². The molecule has 1 atom stereocenters. The molecule has 4 rings (SSSR count). The lowest BCUT2D eigenvalue weighted by atomic mass is 9.92. The summed E-state index contributed by atoms with van der Waals surface area (Å²) < 4.78 is 28.4. The highest BCUT2D eigenvalue weighted by atomic mass is 79.9. The molecular weight excluding hydrogens is 579 g/mol. The van der Waals surface area contributed by atoms with Gasteiger partial charge in [0, 0.05) is 29.1 Å². The second-order valence-electron chi connectivity index (χ2n) is 8.23. The van der Waals surface area contributed by atoms with Crippen molar-refractivity contribution in [2.75, 3.05) is 13.1 Å². The number of thiophene rings is 1. The fraction of sp³-hybridized carbons (Fsp3) is 0.292. The Bertz CT molecular complexity index is 1290. The number of nitrogens with one attached hydrogen (secondary N) is 1. The van der Waals surface area contributed by atoms with Crippen LogP contribution in [0, 0.1) is 12.8 Å². The molecule has 2 heterocycles. The van der Waals surface area contributed by atoms with Crippen molar-refractivity contribution in [3.63, 3.8) is 0 Å². The Hall–Kier alpha value is -1.42. The van der Waals surface area contributed by atoms with E-state index in [4.69, 9.17) is 23.2 Å². The first-order valence-corrected chi connectivity index (χ1v) is 14.5. The second-order valence-corrected chi connectivity index (χ2v) is 13.7. The van der Waals surface area contributed by atoms with E-state index in [-0.39, 0.29) is 17.9 Å². The van der Waals surface area contributed by atoms with Gasteiger partial charge in [0.2, 0.25) is 5.91 Å². The molecule has 5 nitrogen and oxygen atoms in total. The van der Waals surface area contributed by atoms with E-state index in [1.807, 2.05) is 37.3 Å². The van der Waals surface area contributed by atoms with E-state index < -0.39 is 10.0 Å². The van der Waals surface area contributed by atoms with Gasteiger partial charge in [-0.2, -0.15) is 4.31 Å². The van der Waals surface area contributed by atoms with Crippen molar-refractivity contribution in [1.29, 1.82) is 0 Å². The molecule has 1 saturated heterocycles. The van der Waals surface area contributed by atoms with Crippen molar-refractivity contribution < 1.29 is 13.2 Å². The Morgan fingerprint density at radius 1 is 1.06 bits per heavy atom. The van der Waals surface area contributed by atoms with Crippen LogP contribution in [0.3, 0.4) is 0 Å². The van der Waals surface area contributed by atoms with E-state index in [1.54, 1.807) is 24.3 Å². The minimum absolute atomic E-state index is 0.0924. The number of carbonyl (C=O) groups is 1. The zero-order chi connectivity index (χ0) is 24.5. The summed E-state index contributed by atoms with van der Waals surface area (Å²) in [4.78, 5) is 13.3. The fourth-order valence-electron chi connectivity index (χ4n) is 4.14. The lowest BCUT2D eigenvalue weighted by Crippen LogP contribution is -2.43. The standard InChI is InChI=1S/C24H23BrCl2N2O3S2/c1-15-14-19(27)6-7-20(15)23(16-2-4-18(26)5-3-16)28-24(30)17-10-12-29(13-11-17)34(31,32)22-9-8-21(25)33-22/h2-9,14,17,23H,10-13H2,1H3,(H,28,30). The topological polar surface area (TPSA) is 66.5 Å². The van der Waals surface area contributed by atoms with Crippen molar-refractivity contribution in [2.24, 2.45) is 5.92 Å². The van der Waals surface area contributed by atoms with E-state index in [0.29, 0.717) is 40.2 Å². The van der Waals surface area contributed by atoms with Crippen molar-refractivity contribution in [1.82, 2.24) is 9.62 Å². The van der Waals surface area contributed by atoms with Crippen LogP contribution in [-0.4, -0.2) is 31.7 Å². The number of aryl methyl sites for hydroxylation is 1. The molecule has 0 saturated carbocycles. The summed E-state index contributed by atoms with van der Waals surface area (Å²) in [5.41, 5.74) is 2.82. The molecule has 1 aromatic heterocycles. The lowest BCUT2D eigenvalue weighted by Gasteiger charge is -2.31. The van der Waals surface area contributed by atoms with Gasteiger partial charge in [-0.05, 0) is 88.8 Å². The molecule has 1 aliphatic heterocycles. The van der Waals surface area contributed by atoms with Crippen LogP contribution in [-0.2, 0) is 14.8 Å². The number of sulfonamides is 1. The van der Waals surface area contributed by atoms with Gasteiger partial charge >= 0.3 is 0 Å². The normalized spacial score (nSPS) is 16.4. The van der Waals surface area contributed by atoms with E-state index in [1.165, 1.54) is 15.6 Å². The minimum Gasteiger partial charge on any atom is -0.345 e. The molecule has 1 fully saturated rings. The first-order chi connectivity index (χ1) is 16.1. The van der Waals surface area contributed by atoms with Crippen LogP contribution < -0.4 is 5.32 Å². The maximum absolute atomic E-state index is 13.3. The second kappa shape index (κ2) is 10.7. The molecule has 0 radical (unpaired) electrons.